The number of aromatic nitrogens is 1. The molecule has 4 rings (SSSR count). The summed E-state index contributed by atoms with van der Waals surface area (Å²) >= 11 is 0. The fourth-order valence-corrected chi connectivity index (χ4v) is 2.85. The second kappa shape index (κ2) is 6.70. The van der Waals surface area contributed by atoms with Gasteiger partial charge in [0.15, 0.2) is 0 Å². The van der Waals surface area contributed by atoms with Crippen LogP contribution in [0, 0.1) is 5.82 Å². The van der Waals surface area contributed by atoms with E-state index < -0.39 is 0 Å². The average Bonchev–Trinajstić information content (AvgIpc) is 2.69. The van der Waals surface area contributed by atoms with Crippen LogP contribution in [0.5, 0.6) is 0 Å². The van der Waals surface area contributed by atoms with Crippen LogP contribution in [0.3, 0.4) is 0 Å². The molecule has 0 unspecified atom stereocenters. The van der Waals surface area contributed by atoms with Gasteiger partial charge in [0.25, 0.3) is 0 Å². The highest BCUT2D eigenvalue weighted by Crippen LogP contribution is 2.30. The highest BCUT2D eigenvalue weighted by molar-refractivity contribution is 5.76. The van der Waals surface area contributed by atoms with E-state index in [1.807, 2.05) is 60.7 Å². The van der Waals surface area contributed by atoms with Crippen LogP contribution < -0.4 is 0 Å². The SMILES string of the molecule is Fc1ccc(-c2cc(-c3ccccc3)nc(-c3ccccc3)c2)cc1. The number of pyridine rings is 1. The predicted molar refractivity (Wildman–Crippen MR) is 101 cm³/mol. The lowest BCUT2D eigenvalue weighted by Crippen LogP contribution is -1.91. The van der Waals surface area contributed by atoms with Gasteiger partial charge in [-0.15, -0.1) is 0 Å². The molecule has 1 heterocycles. The molecule has 0 fully saturated rings. The molecule has 0 aliphatic rings. The van der Waals surface area contributed by atoms with Crippen LogP contribution in [0.2, 0.25) is 0 Å². The molecule has 1 aromatic heterocycles. The molecule has 0 radical (unpaired) electrons. The Labute approximate surface area is 146 Å². The molecule has 3 aromatic carbocycles. The lowest BCUT2D eigenvalue weighted by atomic mass is 10.00. The second-order valence-corrected chi connectivity index (χ2v) is 5.87. The molecule has 0 bridgehead atoms. The van der Waals surface area contributed by atoms with E-state index in [-0.39, 0.29) is 5.82 Å². The Morgan fingerprint density at radius 3 is 1.44 bits per heavy atom. The summed E-state index contributed by atoms with van der Waals surface area (Å²) in [5, 5.41) is 0. The van der Waals surface area contributed by atoms with Gasteiger partial charge in [-0.2, -0.15) is 0 Å². The molecule has 0 N–H and O–H groups in total. The third-order valence-corrected chi connectivity index (χ3v) is 4.14. The van der Waals surface area contributed by atoms with Crippen LogP contribution in [-0.2, 0) is 0 Å². The second-order valence-electron chi connectivity index (χ2n) is 5.87. The van der Waals surface area contributed by atoms with Gasteiger partial charge in [0.1, 0.15) is 5.82 Å². The van der Waals surface area contributed by atoms with Crippen LogP contribution in [0.4, 0.5) is 4.39 Å². The smallest absolute Gasteiger partial charge is 0.123 e. The van der Waals surface area contributed by atoms with Crippen molar-refractivity contribution in [1.82, 2.24) is 4.98 Å². The van der Waals surface area contributed by atoms with Crippen molar-refractivity contribution in [3.8, 4) is 33.6 Å². The van der Waals surface area contributed by atoms with E-state index in [0.29, 0.717) is 0 Å². The summed E-state index contributed by atoms with van der Waals surface area (Å²) in [7, 11) is 0. The average molecular weight is 325 g/mol. The largest absolute Gasteiger partial charge is 0.248 e. The third kappa shape index (κ3) is 3.33. The summed E-state index contributed by atoms with van der Waals surface area (Å²) in [4.78, 5) is 4.84. The van der Waals surface area contributed by atoms with Crippen molar-refractivity contribution < 1.29 is 4.39 Å². The Balaban J connectivity index is 1.90. The van der Waals surface area contributed by atoms with Gasteiger partial charge in [-0.1, -0.05) is 72.8 Å². The first-order valence-corrected chi connectivity index (χ1v) is 8.18. The zero-order valence-electron chi connectivity index (χ0n) is 13.6. The maximum absolute atomic E-state index is 13.3. The fourth-order valence-electron chi connectivity index (χ4n) is 2.85. The van der Waals surface area contributed by atoms with Crippen LogP contribution in [0.25, 0.3) is 33.6 Å². The zero-order chi connectivity index (χ0) is 17.1. The minimum absolute atomic E-state index is 0.232. The number of nitrogens with zero attached hydrogens (tertiary/aromatic N) is 1. The molecule has 120 valence electrons. The molecule has 0 aliphatic heterocycles. The van der Waals surface area contributed by atoms with Crippen molar-refractivity contribution in [2.75, 3.05) is 0 Å². The van der Waals surface area contributed by atoms with Gasteiger partial charge in [-0.05, 0) is 35.4 Å². The first-order chi connectivity index (χ1) is 12.3. The van der Waals surface area contributed by atoms with Gasteiger partial charge >= 0.3 is 0 Å². The monoisotopic (exact) mass is 325 g/mol. The van der Waals surface area contributed by atoms with Crippen molar-refractivity contribution in [2.24, 2.45) is 0 Å². The molecule has 0 amide bonds. The van der Waals surface area contributed by atoms with E-state index >= 15 is 0 Å². The van der Waals surface area contributed by atoms with Gasteiger partial charge in [-0.25, -0.2) is 9.37 Å². The number of hydrogen-bond donors (Lipinski definition) is 0. The predicted octanol–water partition coefficient (Wildman–Crippen LogP) is 6.22. The van der Waals surface area contributed by atoms with Crippen molar-refractivity contribution in [2.45, 2.75) is 0 Å². The Hall–Kier alpha value is -3.26. The number of benzene rings is 3. The number of halogens is 1. The molecular formula is C23H16FN. The highest BCUT2D eigenvalue weighted by Gasteiger charge is 2.08. The van der Waals surface area contributed by atoms with Crippen LogP contribution in [-0.4, -0.2) is 4.98 Å². The fraction of sp³-hybridized carbons (Fsp3) is 0. The van der Waals surface area contributed by atoms with E-state index in [9.17, 15) is 4.39 Å². The van der Waals surface area contributed by atoms with Crippen LogP contribution in [0.1, 0.15) is 0 Å². The molecule has 0 aliphatic carbocycles. The highest BCUT2D eigenvalue weighted by atomic mass is 19.1. The summed E-state index contributed by atoms with van der Waals surface area (Å²) in [5.41, 5.74) is 5.92. The van der Waals surface area contributed by atoms with Gasteiger partial charge in [0.05, 0.1) is 11.4 Å². The van der Waals surface area contributed by atoms with Crippen molar-refractivity contribution in [3.63, 3.8) is 0 Å². The quantitative estimate of drug-likeness (QED) is 0.435. The Kier molecular flexibility index (Phi) is 4.09. The number of rotatable bonds is 3. The van der Waals surface area contributed by atoms with Crippen LogP contribution in [0.15, 0.2) is 97.1 Å². The van der Waals surface area contributed by atoms with E-state index in [0.717, 1.165) is 33.6 Å². The van der Waals surface area contributed by atoms with Crippen molar-refractivity contribution >= 4 is 0 Å². The summed E-state index contributed by atoms with van der Waals surface area (Å²) in [5.74, 6) is -0.232. The first-order valence-electron chi connectivity index (χ1n) is 8.18. The molecule has 4 aromatic rings. The van der Waals surface area contributed by atoms with E-state index in [4.69, 9.17) is 4.98 Å². The molecule has 25 heavy (non-hydrogen) atoms. The van der Waals surface area contributed by atoms with Crippen LogP contribution >= 0.6 is 0 Å². The Bertz CT molecular complexity index is 920. The van der Waals surface area contributed by atoms with Gasteiger partial charge in [0.2, 0.25) is 0 Å². The zero-order valence-corrected chi connectivity index (χ0v) is 13.6. The normalized spacial score (nSPS) is 10.6. The summed E-state index contributed by atoms with van der Waals surface area (Å²) in [6.07, 6.45) is 0. The standard InChI is InChI=1S/C23H16FN/c24-21-13-11-17(12-14-21)20-15-22(18-7-3-1-4-8-18)25-23(16-20)19-9-5-2-6-10-19/h1-16H. The summed E-state index contributed by atoms with van der Waals surface area (Å²) in [6.45, 7) is 0. The van der Waals surface area contributed by atoms with Crippen molar-refractivity contribution in [3.05, 3.63) is 103 Å². The Morgan fingerprint density at radius 1 is 0.480 bits per heavy atom. The maximum atomic E-state index is 13.3. The Morgan fingerprint density at radius 2 is 0.960 bits per heavy atom. The molecule has 0 saturated carbocycles. The lowest BCUT2D eigenvalue weighted by Gasteiger charge is -2.10. The van der Waals surface area contributed by atoms with Crippen molar-refractivity contribution in [1.29, 1.82) is 0 Å². The van der Waals surface area contributed by atoms with Gasteiger partial charge in [-0.3, -0.25) is 0 Å². The maximum Gasteiger partial charge on any atom is 0.123 e. The van der Waals surface area contributed by atoms with E-state index in [2.05, 4.69) is 12.1 Å². The molecule has 0 atom stereocenters. The molecule has 2 heteroatoms. The molecular weight excluding hydrogens is 309 g/mol. The minimum Gasteiger partial charge on any atom is -0.248 e. The third-order valence-electron chi connectivity index (χ3n) is 4.14. The summed E-state index contributed by atoms with van der Waals surface area (Å²) < 4.78 is 13.3. The summed E-state index contributed by atoms with van der Waals surface area (Å²) in [6, 6.07) is 30.9. The number of hydrogen-bond acceptors (Lipinski definition) is 1. The van der Waals surface area contributed by atoms with E-state index in [1.165, 1.54) is 12.1 Å². The lowest BCUT2D eigenvalue weighted by molar-refractivity contribution is 0.628. The minimum atomic E-state index is -0.232. The molecule has 0 spiro atoms. The van der Waals surface area contributed by atoms with E-state index in [1.54, 1.807) is 12.1 Å². The topological polar surface area (TPSA) is 12.9 Å². The van der Waals surface area contributed by atoms with Gasteiger partial charge in [0, 0.05) is 11.1 Å². The first kappa shape index (κ1) is 15.3. The molecule has 0 saturated heterocycles. The molecule has 1 nitrogen and oxygen atoms in total. The van der Waals surface area contributed by atoms with Gasteiger partial charge < -0.3 is 0 Å².